The average molecular weight is 314 g/mol. The van der Waals surface area contributed by atoms with Gasteiger partial charge in [-0.2, -0.15) is 0 Å². The summed E-state index contributed by atoms with van der Waals surface area (Å²) in [6.07, 6.45) is 4.68. The Morgan fingerprint density at radius 2 is 2.14 bits per heavy atom. The van der Waals surface area contributed by atoms with Crippen molar-refractivity contribution in [2.45, 2.75) is 51.0 Å². The van der Waals surface area contributed by atoms with Crippen molar-refractivity contribution in [2.75, 3.05) is 13.6 Å². The number of nitrogens with one attached hydrogen (secondary N) is 2. The van der Waals surface area contributed by atoms with Crippen LogP contribution in [0.1, 0.15) is 44.1 Å². The maximum Gasteiger partial charge on any atom is 0.244 e. The summed E-state index contributed by atoms with van der Waals surface area (Å²) in [7, 11) is -1.68. The fraction of sp³-hybridized carbons (Fsp3) is 0.733. The molecule has 1 aliphatic carbocycles. The van der Waals surface area contributed by atoms with E-state index in [-0.39, 0.29) is 4.90 Å². The molecule has 21 heavy (non-hydrogen) atoms. The quantitative estimate of drug-likeness (QED) is 0.846. The fourth-order valence-electron chi connectivity index (χ4n) is 3.10. The van der Waals surface area contributed by atoms with E-state index in [1.54, 1.807) is 20.0 Å². The molecule has 6 heteroatoms. The van der Waals surface area contributed by atoms with E-state index in [9.17, 15) is 8.42 Å². The van der Waals surface area contributed by atoms with Gasteiger partial charge >= 0.3 is 0 Å². The van der Waals surface area contributed by atoms with E-state index in [0.29, 0.717) is 36.4 Å². The highest BCUT2D eigenvalue weighted by atomic mass is 32.2. The van der Waals surface area contributed by atoms with Crippen LogP contribution in [0.2, 0.25) is 0 Å². The van der Waals surface area contributed by atoms with Gasteiger partial charge in [-0.3, -0.25) is 0 Å². The molecule has 0 aliphatic heterocycles. The molecule has 1 aromatic heterocycles. The van der Waals surface area contributed by atoms with Crippen LogP contribution in [-0.4, -0.2) is 22.0 Å². The number of furan rings is 1. The number of sulfonamides is 1. The Morgan fingerprint density at radius 3 is 2.81 bits per heavy atom. The second kappa shape index (κ2) is 6.94. The topological polar surface area (TPSA) is 71.3 Å². The minimum atomic E-state index is -3.48. The summed E-state index contributed by atoms with van der Waals surface area (Å²) < 4.78 is 33.0. The first-order valence-corrected chi connectivity index (χ1v) is 9.14. The molecule has 0 spiro atoms. The van der Waals surface area contributed by atoms with Gasteiger partial charge in [0.2, 0.25) is 10.0 Å². The Labute approximate surface area is 127 Å². The van der Waals surface area contributed by atoms with Gasteiger partial charge in [-0.25, -0.2) is 13.1 Å². The predicted octanol–water partition coefficient (Wildman–Crippen LogP) is 2.41. The van der Waals surface area contributed by atoms with Crippen LogP contribution in [0.5, 0.6) is 0 Å². The molecule has 1 fully saturated rings. The zero-order chi connectivity index (χ0) is 15.5. The molecule has 2 unspecified atom stereocenters. The number of aryl methyl sites for hydroxylation is 1. The number of hydrogen-bond acceptors (Lipinski definition) is 4. The van der Waals surface area contributed by atoms with Crippen molar-refractivity contribution >= 4 is 10.0 Å². The molecule has 5 nitrogen and oxygen atoms in total. The summed E-state index contributed by atoms with van der Waals surface area (Å²) in [5.74, 6) is 2.24. The van der Waals surface area contributed by atoms with E-state index >= 15 is 0 Å². The Hall–Kier alpha value is -0.850. The number of hydrogen-bond donors (Lipinski definition) is 2. The molecule has 0 amide bonds. The third-order valence-corrected chi connectivity index (χ3v) is 5.70. The molecule has 0 radical (unpaired) electrons. The molecular weight excluding hydrogens is 288 g/mol. The number of rotatable bonds is 6. The van der Waals surface area contributed by atoms with E-state index in [4.69, 9.17) is 4.42 Å². The third kappa shape index (κ3) is 4.31. The van der Waals surface area contributed by atoms with Crippen LogP contribution in [-0.2, 0) is 16.6 Å². The lowest BCUT2D eigenvalue weighted by molar-refractivity contribution is 0.283. The molecule has 2 rings (SSSR count). The Bertz CT molecular complexity index is 565. The van der Waals surface area contributed by atoms with Gasteiger partial charge in [0.15, 0.2) is 0 Å². The van der Waals surface area contributed by atoms with Gasteiger partial charge < -0.3 is 9.73 Å². The lowest BCUT2D eigenvalue weighted by atomic mass is 9.83. The smallest absolute Gasteiger partial charge is 0.244 e. The molecule has 0 saturated heterocycles. The summed E-state index contributed by atoms with van der Waals surface area (Å²) >= 11 is 0. The van der Waals surface area contributed by atoms with E-state index in [2.05, 4.69) is 17.0 Å². The Morgan fingerprint density at radius 1 is 1.38 bits per heavy atom. The molecule has 2 atom stereocenters. The maximum absolute atomic E-state index is 12.4. The highest BCUT2D eigenvalue weighted by Gasteiger charge is 2.24. The van der Waals surface area contributed by atoms with Crippen LogP contribution >= 0.6 is 0 Å². The Balaban J connectivity index is 2.01. The normalized spacial score (nSPS) is 23.4. The monoisotopic (exact) mass is 314 g/mol. The van der Waals surface area contributed by atoms with Crippen molar-refractivity contribution in [1.82, 2.24) is 10.0 Å². The minimum absolute atomic E-state index is 0.261. The highest BCUT2D eigenvalue weighted by molar-refractivity contribution is 7.89. The predicted molar refractivity (Wildman–Crippen MR) is 82.5 cm³/mol. The Kier molecular flexibility index (Phi) is 5.46. The summed E-state index contributed by atoms with van der Waals surface area (Å²) in [6.45, 7) is 4.98. The van der Waals surface area contributed by atoms with Crippen molar-refractivity contribution in [1.29, 1.82) is 0 Å². The second-order valence-corrected chi connectivity index (χ2v) is 7.89. The molecule has 0 aromatic carbocycles. The van der Waals surface area contributed by atoms with Gasteiger partial charge in [0.25, 0.3) is 0 Å². The summed E-state index contributed by atoms with van der Waals surface area (Å²) in [4.78, 5) is 0.261. The van der Waals surface area contributed by atoms with Gasteiger partial charge in [-0.15, -0.1) is 0 Å². The zero-order valence-corrected chi connectivity index (χ0v) is 13.9. The van der Waals surface area contributed by atoms with Crippen LogP contribution < -0.4 is 10.0 Å². The van der Waals surface area contributed by atoms with Gasteiger partial charge in [-0.1, -0.05) is 19.8 Å². The molecule has 0 bridgehead atoms. The van der Waals surface area contributed by atoms with Crippen molar-refractivity contribution < 1.29 is 12.8 Å². The zero-order valence-electron chi connectivity index (χ0n) is 13.1. The molecule has 120 valence electrons. The summed E-state index contributed by atoms with van der Waals surface area (Å²) in [5.41, 5.74) is 0. The third-order valence-electron chi connectivity index (χ3n) is 4.17. The molecule has 1 saturated carbocycles. The van der Waals surface area contributed by atoms with Crippen LogP contribution in [0.15, 0.2) is 15.4 Å². The molecular formula is C15H26N2O3S. The van der Waals surface area contributed by atoms with E-state index < -0.39 is 10.0 Å². The second-order valence-electron chi connectivity index (χ2n) is 6.15. The van der Waals surface area contributed by atoms with Gasteiger partial charge in [0.05, 0.1) is 6.54 Å². The summed E-state index contributed by atoms with van der Waals surface area (Å²) in [6, 6.07) is 1.61. The molecule has 2 N–H and O–H groups in total. The molecule has 1 aromatic rings. The first-order valence-electron chi connectivity index (χ1n) is 7.66. The standard InChI is InChI=1S/C15H26N2O3S/c1-11-5-4-6-13(7-11)9-17-21(18,19)15-8-14(10-16-3)20-12(15)2/h8,11,13,16-17H,4-7,9-10H2,1-3H3. The van der Waals surface area contributed by atoms with Gasteiger partial charge in [-0.05, 0) is 38.6 Å². The highest BCUT2D eigenvalue weighted by Crippen LogP contribution is 2.28. The van der Waals surface area contributed by atoms with Crippen molar-refractivity contribution in [3.05, 3.63) is 17.6 Å². The van der Waals surface area contributed by atoms with Gasteiger partial charge in [0, 0.05) is 12.6 Å². The van der Waals surface area contributed by atoms with Crippen LogP contribution in [0.3, 0.4) is 0 Å². The van der Waals surface area contributed by atoms with Crippen molar-refractivity contribution in [3.63, 3.8) is 0 Å². The largest absolute Gasteiger partial charge is 0.464 e. The fourth-order valence-corrected chi connectivity index (χ4v) is 4.42. The first kappa shape index (κ1) is 16.5. The van der Waals surface area contributed by atoms with Crippen LogP contribution in [0, 0.1) is 18.8 Å². The van der Waals surface area contributed by atoms with Crippen molar-refractivity contribution in [3.8, 4) is 0 Å². The maximum atomic E-state index is 12.4. The molecule has 1 heterocycles. The van der Waals surface area contributed by atoms with Crippen molar-refractivity contribution in [2.24, 2.45) is 11.8 Å². The van der Waals surface area contributed by atoms with E-state index in [1.165, 1.54) is 12.8 Å². The van der Waals surface area contributed by atoms with Crippen LogP contribution in [0.25, 0.3) is 0 Å². The van der Waals surface area contributed by atoms with Crippen LogP contribution in [0.4, 0.5) is 0 Å². The lowest BCUT2D eigenvalue weighted by Crippen LogP contribution is -2.31. The average Bonchev–Trinajstić information content (AvgIpc) is 2.79. The van der Waals surface area contributed by atoms with Gasteiger partial charge in [0.1, 0.15) is 16.4 Å². The van der Waals surface area contributed by atoms with E-state index in [1.807, 2.05) is 0 Å². The lowest BCUT2D eigenvalue weighted by Gasteiger charge is -2.26. The SMILES string of the molecule is CNCc1cc(S(=O)(=O)NCC2CCCC(C)C2)c(C)o1. The minimum Gasteiger partial charge on any atom is -0.464 e. The molecule has 1 aliphatic rings. The van der Waals surface area contributed by atoms with E-state index in [0.717, 1.165) is 12.8 Å². The first-order chi connectivity index (χ1) is 9.92. The summed E-state index contributed by atoms with van der Waals surface area (Å²) in [5, 5.41) is 2.96.